The van der Waals surface area contributed by atoms with Gasteiger partial charge in [0.2, 0.25) is 5.91 Å². The predicted molar refractivity (Wildman–Crippen MR) is 104 cm³/mol. The zero-order valence-corrected chi connectivity index (χ0v) is 15.9. The van der Waals surface area contributed by atoms with E-state index in [1.54, 1.807) is 49.4 Å². The lowest BCUT2D eigenvalue weighted by atomic mass is 10.1. The highest BCUT2D eigenvalue weighted by Gasteiger charge is 2.08. The molecule has 0 unspecified atom stereocenters. The van der Waals surface area contributed by atoms with E-state index in [9.17, 15) is 14.4 Å². The van der Waals surface area contributed by atoms with Gasteiger partial charge in [0.15, 0.2) is 12.4 Å². The molecule has 0 spiro atoms. The molecule has 1 amide bonds. The number of amides is 1. The van der Waals surface area contributed by atoms with Gasteiger partial charge in [0.1, 0.15) is 11.5 Å². The zero-order valence-electron chi connectivity index (χ0n) is 15.9. The van der Waals surface area contributed by atoms with Crippen molar-refractivity contribution < 1.29 is 29.0 Å². The lowest BCUT2D eigenvalue weighted by Gasteiger charge is -2.11. The van der Waals surface area contributed by atoms with Gasteiger partial charge in [-0.1, -0.05) is 12.1 Å². The SMILES string of the molecule is CC(=O)c1cccc(OCCCC(=O)Nc2ccc(OCC(=O)O)cc2C)c1. The van der Waals surface area contributed by atoms with Gasteiger partial charge in [-0.05, 0) is 56.2 Å². The summed E-state index contributed by atoms with van der Waals surface area (Å²) in [5, 5.41) is 11.4. The van der Waals surface area contributed by atoms with Crippen molar-refractivity contribution in [2.45, 2.75) is 26.7 Å². The van der Waals surface area contributed by atoms with Gasteiger partial charge in [0.05, 0.1) is 6.61 Å². The number of ketones is 1. The lowest BCUT2D eigenvalue weighted by molar-refractivity contribution is -0.139. The number of hydrogen-bond acceptors (Lipinski definition) is 5. The summed E-state index contributed by atoms with van der Waals surface area (Å²) in [5.41, 5.74) is 2.00. The highest BCUT2D eigenvalue weighted by molar-refractivity contribution is 5.94. The lowest BCUT2D eigenvalue weighted by Crippen LogP contribution is -2.14. The number of benzene rings is 2. The molecule has 28 heavy (non-hydrogen) atoms. The number of ether oxygens (including phenoxy) is 2. The Labute approximate surface area is 163 Å². The van der Waals surface area contributed by atoms with Gasteiger partial charge in [-0.25, -0.2) is 4.79 Å². The molecule has 2 aromatic rings. The molecule has 2 N–H and O–H groups in total. The number of carboxylic acid groups (broad SMARTS) is 1. The number of carboxylic acids is 1. The summed E-state index contributed by atoms with van der Waals surface area (Å²) in [6.45, 7) is 3.24. The summed E-state index contributed by atoms with van der Waals surface area (Å²) in [6, 6.07) is 11.9. The summed E-state index contributed by atoms with van der Waals surface area (Å²) in [6.07, 6.45) is 0.804. The van der Waals surface area contributed by atoms with E-state index in [2.05, 4.69) is 5.32 Å². The van der Waals surface area contributed by atoms with E-state index >= 15 is 0 Å². The zero-order chi connectivity index (χ0) is 20.5. The van der Waals surface area contributed by atoms with Crippen LogP contribution in [0, 0.1) is 6.92 Å². The Kier molecular flexibility index (Phi) is 7.56. The van der Waals surface area contributed by atoms with Crippen LogP contribution in [0.2, 0.25) is 0 Å². The van der Waals surface area contributed by atoms with Crippen LogP contribution in [0.4, 0.5) is 5.69 Å². The van der Waals surface area contributed by atoms with E-state index in [1.807, 2.05) is 0 Å². The molecular formula is C21H23NO6. The third-order valence-corrected chi connectivity index (χ3v) is 3.89. The Balaban J connectivity index is 1.77. The number of rotatable bonds is 10. The summed E-state index contributed by atoms with van der Waals surface area (Å²) in [4.78, 5) is 34.0. The number of anilines is 1. The Morgan fingerprint density at radius 2 is 1.79 bits per heavy atom. The molecule has 0 saturated carbocycles. The number of nitrogens with one attached hydrogen (secondary N) is 1. The van der Waals surface area contributed by atoms with E-state index in [-0.39, 0.29) is 18.1 Å². The average Bonchev–Trinajstić information content (AvgIpc) is 2.65. The van der Waals surface area contributed by atoms with Gasteiger partial charge in [0, 0.05) is 17.7 Å². The van der Waals surface area contributed by atoms with Crippen LogP contribution < -0.4 is 14.8 Å². The summed E-state index contributed by atoms with van der Waals surface area (Å²) in [5.74, 6) is -0.201. The van der Waals surface area contributed by atoms with Crippen LogP contribution in [0.1, 0.15) is 35.7 Å². The van der Waals surface area contributed by atoms with Crippen LogP contribution in [0.5, 0.6) is 11.5 Å². The van der Waals surface area contributed by atoms with Crippen molar-refractivity contribution in [1.82, 2.24) is 0 Å². The predicted octanol–water partition coefficient (Wildman–Crippen LogP) is 3.46. The Bertz CT molecular complexity index is 862. The van der Waals surface area contributed by atoms with Crippen LogP contribution in [0.15, 0.2) is 42.5 Å². The van der Waals surface area contributed by atoms with Crippen LogP contribution in [0.3, 0.4) is 0 Å². The third-order valence-electron chi connectivity index (χ3n) is 3.89. The monoisotopic (exact) mass is 385 g/mol. The first kappa shape index (κ1) is 21.0. The minimum Gasteiger partial charge on any atom is -0.494 e. The molecule has 7 heteroatoms. The standard InChI is InChI=1S/C21H23NO6/c1-14-11-18(28-13-21(25)26)8-9-19(14)22-20(24)7-4-10-27-17-6-3-5-16(12-17)15(2)23/h3,5-6,8-9,11-12H,4,7,10,13H2,1-2H3,(H,22,24)(H,25,26). The van der Waals surface area contributed by atoms with Gasteiger partial charge < -0.3 is 19.9 Å². The van der Waals surface area contributed by atoms with Crippen molar-refractivity contribution >= 4 is 23.3 Å². The number of carbonyl (C=O) groups excluding carboxylic acids is 2. The van der Waals surface area contributed by atoms with Crippen LogP contribution in [-0.2, 0) is 9.59 Å². The molecule has 0 saturated heterocycles. The number of aryl methyl sites for hydroxylation is 1. The molecule has 0 aliphatic rings. The Morgan fingerprint density at radius 3 is 2.46 bits per heavy atom. The molecule has 0 aromatic heterocycles. The summed E-state index contributed by atoms with van der Waals surface area (Å²) >= 11 is 0. The van der Waals surface area contributed by atoms with Gasteiger partial charge in [-0.15, -0.1) is 0 Å². The first-order chi connectivity index (χ1) is 13.3. The van der Waals surface area contributed by atoms with Crippen molar-refractivity contribution in [3.05, 3.63) is 53.6 Å². The fraction of sp³-hybridized carbons (Fsp3) is 0.286. The molecule has 7 nitrogen and oxygen atoms in total. The molecular weight excluding hydrogens is 362 g/mol. The van der Waals surface area contributed by atoms with Crippen molar-refractivity contribution in [1.29, 1.82) is 0 Å². The molecule has 0 fully saturated rings. The van der Waals surface area contributed by atoms with Crippen LogP contribution in [-0.4, -0.2) is 36.0 Å². The molecule has 2 aromatic carbocycles. The Morgan fingerprint density at radius 1 is 1.04 bits per heavy atom. The largest absolute Gasteiger partial charge is 0.494 e. The fourth-order valence-electron chi connectivity index (χ4n) is 2.45. The average molecular weight is 385 g/mol. The maximum absolute atomic E-state index is 12.1. The van der Waals surface area contributed by atoms with Crippen LogP contribution >= 0.6 is 0 Å². The molecule has 148 valence electrons. The number of carbonyl (C=O) groups is 3. The van der Waals surface area contributed by atoms with Gasteiger partial charge >= 0.3 is 5.97 Å². The Hall–Kier alpha value is -3.35. The van der Waals surface area contributed by atoms with Crippen molar-refractivity contribution in [2.24, 2.45) is 0 Å². The van der Waals surface area contributed by atoms with Gasteiger partial charge in [0.25, 0.3) is 0 Å². The maximum Gasteiger partial charge on any atom is 0.341 e. The quantitative estimate of drug-likeness (QED) is 0.480. The second-order valence-electron chi connectivity index (χ2n) is 6.24. The van der Waals surface area contributed by atoms with E-state index < -0.39 is 12.6 Å². The highest BCUT2D eigenvalue weighted by Crippen LogP contribution is 2.21. The molecule has 0 heterocycles. The van der Waals surface area contributed by atoms with E-state index in [0.717, 1.165) is 5.56 Å². The normalized spacial score (nSPS) is 10.2. The van der Waals surface area contributed by atoms with Crippen molar-refractivity contribution in [2.75, 3.05) is 18.5 Å². The van der Waals surface area contributed by atoms with Gasteiger partial charge in [-0.2, -0.15) is 0 Å². The number of aliphatic carboxylic acids is 1. The van der Waals surface area contributed by atoms with Crippen molar-refractivity contribution in [3.63, 3.8) is 0 Å². The second kappa shape index (κ2) is 10.1. The van der Waals surface area contributed by atoms with E-state index in [1.165, 1.54) is 6.92 Å². The molecule has 0 bridgehead atoms. The minimum absolute atomic E-state index is 0.0282. The maximum atomic E-state index is 12.1. The fourth-order valence-corrected chi connectivity index (χ4v) is 2.45. The van der Waals surface area contributed by atoms with Crippen molar-refractivity contribution in [3.8, 4) is 11.5 Å². The van der Waals surface area contributed by atoms with Crippen LogP contribution in [0.25, 0.3) is 0 Å². The molecule has 0 aliphatic heterocycles. The topological polar surface area (TPSA) is 102 Å². The van der Waals surface area contributed by atoms with Gasteiger partial charge in [-0.3, -0.25) is 9.59 Å². The van der Waals surface area contributed by atoms with E-state index in [4.69, 9.17) is 14.6 Å². The minimum atomic E-state index is -1.05. The molecule has 2 rings (SSSR count). The summed E-state index contributed by atoms with van der Waals surface area (Å²) < 4.78 is 10.7. The summed E-state index contributed by atoms with van der Waals surface area (Å²) in [7, 11) is 0. The molecule has 0 atom stereocenters. The number of hydrogen-bond donors (Lipinski definition) is 2. The van der Waals surface area contributed by atoms with E-state index in [0.29, 0.717) is 35.8 Å². The highest BCUT2D eigenvalue weighted by atomic mass is 16.5. The molecule has 0 radical (unpaired) electrons. The third kappa shape index (κ3) is 6.75. The first-order valence-electron chi connectivity index (χ1n) is 8.84. The smallest absolute Gasteiger partial charge is 0.341 e. The number of Topliss-reactive ketones (excluding diaryl/α,β-unsaturated/α-hetero) is 1. The molecule has 0 aliphatic carbocycles. The second-order valence-corrected chi connectivity index (χ2v) is 6.24. The first-order valence-corrected chi connectivity index (χ1v) is 8.84.